The van der Waals surface area contributed by atoms with Crippen molar-refractivity contribution in [2.75, 3.05) is 60.0 Å². The van der Waals surface area contributed by atoms with Crippen LogP contribution in [0.3, 0.4) is 0 Å². The average Bonchev–Trinajstić information content (AvgIpc) is 3.35. The molecule has 0 radical (unpaired) electrons. The summed E-state index contributed by atoms with van der Waals surface area (Å²) >= 11 is 0. The van der Waals surface area contributed by atoms with E-state index in [0.717, 1.165) is 32.1 Å². The Morgan fingerprint density at radius 3 is 2.51 bits per heavy atom. The third-order valence-corrected chi connectivity index (χ3v) is 6.14. The van der Waals surface area contributed by atoms with Gasteiger partial charge in [-0.1, -0.05) is 6.42 Å². The molecule has 2 saturated heterocycles. The van der Waals surface area contributed by atoms with Crippen molar-refractivity contribution in [1.29, 1.82) is 0 Å². The first-order valence-electron chi connectivity index (χ1n) is 12.3. The van der Waals surface area contributed by atoms with E-state index in [4.69, 9.17) is 42.6 Å². The molecule has 0 aromatic heterocycles. The molecular formula is C23H40O12. The highest BCUT2D eigenvalue weighted by Gasteiger charge is 2.59. The van der Waals surface area contributed by atoms with Crippen molar-refractivity contribution in [1.82, 2.24) is 0 Å². The van der Waals surface area contributed by atoms with Gasteiger partial charge in [-0.25, -0.2) is 4.79 Å². The maximum absolute atomic E-state index is 11.7. The molecule has 2 heterocycles. The molecule has 0 amide bonds. The number of fused-ring (bicyclic) bond motifs is 1. The summed E-state index contributed by atoms with van der Waals surface area (Å²) in [7, 11) is 1.59. The minimum absolute atomic E-state index is 0.0267. The first-order chi connectivity index (χ1) is 17.0. The fourth-order valence-electron chi connectivity index (χ4n) is 4.44. The second kappa shape index (κ2) is 14.7. The average molecular weight is 509 g/mol. The second-order valence-corrected chi connectivity index (χ2v) is 8.81. The van der Waals surface area contributed by atoms with Gasteiger partial charge in [0.25, 0.3) is 0 Å². The minimum atomic E-state index is -1.15. The van der Waals surface area contributed by atoms with E-state index in [2.05, 4.69) is 0 Å². The lowest BCUT2D eigenvalue weighted by molar-refractivity contribution is -0.269. The van der Waals surface area contributed by atoms with Gasteiger partial charge in [-0.05, 0) is 19.8 Å². The molecule has 0 aromatic carbocycles. The number of carbonyl (C=O) groups is 1. The molecule has 0 bridgehead atoms. The fourth-order valence-corrected chi connectivity index (χ4v) is 4.44. The first kappa shape index (κ1) is 28.6. The number of methoxy groups -OCH3 is 1. The van der Waals surface area contributed by atoms with Crippen LogP contribution in [0.15, 0.2) is 0 Å². The number of ether oxygens (including phenoxy) is 9. The Morgan fingerprint density at radius 1 is 1.03 bits per heavy atom. The summed E-state index contributed by atoms with van der Waals surface area (Å²) in [4.78, 5) is 11.7. The largest absolute Gasteiger partial charge is 0.462 e. The van der Waals surface area contributed by atoms with Crippen LogP contribution in [-0.2, 0) is 47.4 Å². The summed E-state index contributed by atoms with van der Waals surface area (Å²) in [5.41, 5.74) is 0. The lowest BCUT2D eigenvalue weighted by atomic mass is 9.94. The van der Waals surface area contributed by atoms with Gasteiger partial charge in [0.15, 0.2) is 18.4 Å². The monoisotopic (exact) mass is 508 g/mol. The molecule has 1 aliphatic carbocycles. The summed E-state index contributed by atoms with van der Waals surface area (Å²) in [6.07, 6.45) is 0.133. The van der Waals surface area contributed by atoms with Crippen LogP contribution < -0.4 is 0 Å². The van der Waals surface area contributed by atoms with E-state index < -0.39 is 55.4 Å². The Balaban J connectivity index is 1.35. The zero-order valence-electron chi connectivity index (χ0n) is 20.6. The lowest BCUT2D eigenvalue weighted by Gasteiger charge is -2.35. The maximum Gasteiger partial charge on any atom is 0.332 e. The minimum Gasteiger partial charge on any atom is -0.462 e. The van der Waals surface area contributed by atoms with E-state index in [1.165, 1.54) is 0 Å². The number of aliphatic hydroxyl groups is 2. The highest BCUT2D eigenvalue weighted by molar-refractivity contribution is 5.70. The molecule has 3 fully saturated rings. The van der Waals surface area contributed by atoms with Crippen LogP contribution in [0.2, 0.25) is 0 Å². The van der Waals surface area contributed by atoms with Gasteiger partial charge in [-0.2, -0.15) is 0 Å². The van der Waals surface area contributed by atoms with Gasteiger partial charge < -0.3 is 52.8 Å². The van der Waals surface area contributed by atoms with Crippen LogP contribution in [0.25, 0.3) is 0 Å². The summed E-state index contributed by atoms with van der Waals surface area (Å²) in [5.74, 6) is -1.19. The van der Waals surface area contributed by atoms with E-state index in [9.17, 15) is 15.0 Å². The van der Waals surface area contributed by atoms with Crippen molar-refractivity contribution in [2.45, 2.75) is 81.8 Å². The molecule has 2 aliphatic heterocycles. The second-order valence-electron chi connectivity index (χ2n) is 8.81. The predicted molar refractivity (Wildman–Crippen MR) is 118 cm³/mol. The highest BCUT2D eigenvalue weighted by Crippen LogP contribution is 2.46. The molecule has 12 heteroatoms. The molecule has 0 aromatic rings. The number of rotatable bonds is 16. The highest BCUT2D eigenvalue weighted by atomic mass is 16.9. The van der Waals surface area contributed by atoms with E-state index in [1.54, 1.807) is 14.0 Å². The third kappa shape index (κ3) is 8.56. The van der Waals surface area contributed by atoms with Crippen LogP contribution in [-0.4, -0.2) is 119 Å². The van der Waals surface area contributed by atoms with Crippen LogP contribution in [0, 0.1) is 0 Å². The van der Waals surface area contributed by atoms with Crippen molar-refractivity contribution in [2.24, 2.45) is 0 Å². The van der Waals surface area contributed by atoms with Crippen LogP contribution in [0.1, 0.15) is 39.0 Å². The van der Waals surface area contributed by atoms with Crippen molar-refractivity contribution in [3.8, 4) is 0 Å². The van der Waals surface area contributed by atoms with Crippen LogP contribution in [0.5, 0.6) is 0 Å². The molecule has 2 unspecified atom stereocenters. The molecular weight excluding hydrogens is 468 g/mol. The molecule has 3 aliphatic rings. The normalized spacial score (nSPS) is 29.3. The van der Waals surface area contributed by atoms with Crippen LogP contribution in [0.4, 0.5) is 0 Å². The Bertz CT molecular complexity index is 613. The lowest BCUT2D eigenvalue weighted by Crippen LogP contribution is -2.46. The van der Waals surface area contributed by atoms with E-state index in [0.29, 0.717) is 19.8 Å². The summed E-state index contributed by atoms with van der Waals surface area (Å²) in [6, 6.07) is 0. The smallest absolute Gasteiger partial charge is 0.332 e. The van der Waals surface area contributed by atoms with Crippen LogP contribution >= 0.6 is 0 Å². The molecule has 35 heavy (non-hydrogen) atoms. The molecule has 1 saturated carbocycles. The zero-order chi connectivity index (χ0) is 25.1. The first-order valence-corrected chi connectivity index (χ1v) is 12.3. The van der Waals surface area contributed by atoms with E-state index >= 15 is 0 Å². The molecule has 204 valence electrons. The number of aliphatic hydroxyl groups excluding tert-OH is 2. The van der Waals surface area contributed by atoms with E-state index in [1.807, 2.05) is 0 Å². The van der Waals surface area contributed by atoms with Crippen molar-refractivity contribution < 1.29 is 57.6 Å². The Hall–Kier alpha value is -0.930. The Morgan fingerprint density at radius 2 is 1.77 bits per heavy atom. The molecule has 3 rings (SSSR count). The van der Waals surface area contributed by atoms with E-state index in [-0.39, 0.29) is 26.4 Å². The van der Waals surface area contributed by atoms with Crippen molar-refractivity contribution in [3.05, 3.63) is 0 Å². The van der Waals surface area contributed by atoms with Gasteiger partial charge in [0.1, 0.15) is 37.6 Å². The van der Waals surface area contributed by atoms with Gasteiger partial charge in [0, 0.05) is 20.0 Å². The maximum atomic E-state index is 11.7. The Labute approximate surface area is 206 Å². The third-order valence-electron chi connectivity index (χ3n) is 6.14. The van der Waals surface area contributed by atoms with Gasteiger partial charge in [-0.15, -0.1) is 0 Å². The standard InChI is InChI=1S/C23H40O12/c1-16(30-12-13-31-18(26)15-29-11-10-28-9-8-27-2)32-20-19(17(25)14-24)33-22-21(20)34-23(35-22)6-4-3-5-7-23/h16-17,19-22,24-25H,3-15H2,1-2H3/t16?,17?,19-,20+,21-,22-/m1/s1. The number of hydrogen-bond acceptors (Lipinski definition) is 12. The number of hydrogen-bond donors (Lipinski definition) is 2. The zero-order valence-corrected chi connectivity index (χ0v) is 20.6. The van der Waals surface area contributed by atoms with Crippen molar-refractivity contribution in [3.63, 3.8) is 0 Å². The summed E-state index contributed by atoms with van der Waals surface area (Å²) in [5, 5.41) is 19.7. The number of esters is 1. The number of carbonyl (C=O) groups excluding carboxylic acids is 1. The Kier molecular flexibility index (Phi) is 12.0. The van der Waals surface area contributed by atoms with Gasteiger partial charge in [0.05, 0.1) is 39.6 Å². The van der Waals surface area contributed by atoms with Gasteiger partial charge >= 0.3 is 5.97 Å². The summed E-state index contributed by atoms with van der Waals surface area (Å²) < 4.78 is 50.2. The van der Waals surface area contributed by atoms with Crippen molar-refractivity contribution >= 4 is 5.97 Å². The molecule has 1 spiro atoms. The molecule has 6 atom stereocenters. The topological polar surface area (TPSA) is 141 Å². The fraction of sp³-hybridized carbons (Fsp3) is 0.957. The quantitative estimate of drug-likeness (QED) is 0.166. The molecule has 2 N–H and O–H groups in total. The summed E-state index contributed by atoms with van der Waals surface area (Å²) in [6.45, 7) is 2.77. The molecule has 12 nitrogen and oxygen atoms in total. The predicted octanol–water partition coefficient (Wildman–Crippen LogP) is 0.111. The van der Waals surface area contributed by atoms with Gasteiger partial charge in [0.2, 0.25) is 0 Å². The van der Waals surface area contributed by atoms with Gasteiger partial charge in [-0.3, -0.25) is 0 Å². The SMILES string of the molecule is COCCOCCOCC(=O)OCCOC(C)O[C@@H]1[C@H]2OC3(CCCCC3)O[C@H]2O[C@@H]1C(O)CO.